The molecule has 9 nitrogen and oxygen atoms in total. The Labute approximate surface area is 163 Å². The third-order valence-corrected chi connectivity index (χ3v) is 4.32. The van der Waals surface area contributed by atoms with Gasteiger partial charge in [-0.15, -0.1) is 0 Å². The Kier molecular flexibility index (Phi) is 4.50. The molecule has 0 aliphatic heterocycles. The summed E-state index contributed by atoms with van der Waals surface area (Å²) >= 11 is 6.05. The summed E-state index contributed by atoms with van der Waals surface area (Å²) in [5.41, 5.74) is 1.53. The fraction of sp³-hybridized carbons (Fsp3) is 0.0556. The van der Waals surface area contributed by atoms with Gasteiger partial charge in [0.25, 0.3) is 0 Å². The molecule has 0 amide bonds. The Bertz CT molecular complexity index is 1190. The first-order valence-corrected chi connectivity index (χ1v) is 8.48. The van der Waals surface area contributed by atoms with Crippen LogP contribution in [-0.2, 0) is 0 Å². The molecule has 4 aromatic rings. The second-order valence-electron chi connectivity index (χ2n) is 5.72. The van der Waals surface area contributed by atoms with Gasteiger partial charge in [0, 0.05) is 5.02 Å². The molecule has 2 heterocycles. The van der Waals surface area contributed by atoms with Crippen molar-refractivity contribution in [3.8, 4) is 11.6 Å². The van der Waals surface area contributed by atoms with Gasteiger partial charge < -0.3 is 10.1 Å². The van der Waals surface area contributed by atoms with Crippen LogP contribution >= 0.6 is 11.6 Å². The number of methoxy groups -OCH3 is 1. The van der Waals surface area contributed by atoms with Crippen LogP contribution in [-0.4, -0.2) is 31.6 Å². The molecule has 0 atom stereocenters. The van der Waals surface area contributed by atoms with Crippen molar-refractivity contribution < 1.29 is 9.66 Å². The van der Waals surface area contributed by atoms with Crippen molar-refractivity contribution in [2.75, 3.05) is 12.4 Å². The zero-order valence-electron chi connectivity index (χ0n) is 14.5. The largest absolute Gasteiger partial charge is 0.495 e. The number of hydrogen-bond acceptors (Lipinski definition) is 7. The number of rotatable bonds is 5. The number of imidazole rings is 1. The number of anilines is 2. The maximum Gasteiger partial charge on any atom is 0.354 e. The second-order valence-corrected chi connectivity index (χ2v) is 6.16. The van der Waals surface area contributed by atoms with Crippen LogP contribution in [0.25, 0.3) is 16.9 Å². The average molecular weight is 397 g/mol. The Morgan fingerprint density at radius 1 is 1.18 bits per heavy atom. The van der Waals surface area contributed by atoms with Gasteiger partial charge in [0.1, 0.15) is 18.4 Å². The first-order valence-electron chi connectivity index (χ1n) is 8.11. The lowest BCUT2D eigenvalue weighted by Gasteiger charge is -2.12. The summed E-state index contributed by atoms with van der Waals surface area (Å²) in [6.07, 6.45) is 2.74. The van der Waals surface area contributed by atoms with Crippen LogP contribution in [0.5, 0.6) is 5.75 Å². The van der Waals surface area contributed by atoms with E-state index in [4.69, 9.17) is 16.3 Å². The lowest BCUT2D eigenvalue weighted by molar-refractivity contribution is -0.384. The van der Waals surface area contributed by atoms with Crippen LogP contribution in [0, 0.1) is 10.1 Å². The highest BCUT2D eigenvalue weighted by atomic mass is 35.5. The zero-order chi connectivity index (χ0) is 19.7. The van der Waals surface area contributed by atoms with E-state index in [1.165, 1.54) is 19.8 Å². The highest BCUT2D eigenvalue weighted by molar-refractivity contribution is 6.31. The van der Waals surface area contributed by atoms with Gasteiger partial charge in [-0.05, 0) is 30.3 Å². The Morgan fingerprint density at radius 2 is 2.00 bits per heavy atom. The van der Waals surface area contributed by atoms with Crippen molar-refractivity contribution in [2.45, 2.75) is 0 Å². The first-order chi connectivity index (χ1) is 13.6. The van der Waals surface area contributed by atoms with Crippen molar-refractivity contribution >= 4 is 39.8 Å². The third-order valence-electron chi connectivity index (χ3n) is 4.08. The molecule has 2 aromatic carbocycles. The van der Waals surface area contributed by atoms with E-state index in [1.807, 2.05) is 18.2 Å². The smallest absolute Gasteiger partial charge is 0.354 e. The number of para-hydroxylation sites is 2. The van der Waals surface area contributed by atoms with Crippen molar-refractivity contribution in [2.24, 2.45) is 0 Å². The molecule has 0 radical (unpaired) electrons. The molecule has 10 heteroatoms. The Balaban J connectivity index is 1.88. The van der Waals surface area contributed by atoms with E-state index < -0.39 is 4.92 Å². The fourth-order valence-electron chi connectivity index (χ4n) is 2.84. The summed E-state index contributed by atoms with van der Waals surface area (Å²) in [5.74, 6) is 0.567. The fourth-order valence-corrected chi connectivity index (χ4v) is 3.01. The van der Waals surface area contributed by atoms with Crippen molar-refractivity contribution in [3.63, 3.8) is 0 Å². The van der Waals surface area contributed by atoms with Crippen LogP contribution in [0.3, 0.4) is 0 Å². The maximum absolute atomic E-state index is 11.9. The first kappa shape index (κ1) is 17.7. The van der Waals surface area contributed by atoms with Gasteiger partial charge in [-0.3, -0.25) is 14.7 Å². The minimum atomic E-state index is -0.538. The van der Waals surface area contributed by atoms with Crippen LogP contribution in [0.1, 0.15) is 0 Å². The Hall–Kier alpha value is -3.72. The molecule has 0 unspecified atom stereocenters. The highest BCUT2D eigenvalue weighted by Crippen LogP contribution is 2.35. The average Bonchev–Trinajstić information content (AvgIpc) is 3.12. The number of hydrogen-bond donors (Lipinski definition) is 1. The van der Waals surface area contributed by atoms with E-state index in [-0.39, 0.29) is 17.3 Å². The lowest BCUT2D eigenvalue weighted by atomic mass is 10.2. The van der Waals surface area contributed by atoms with Gasteiger partial charge in [0.15, 0.2) is 0 Å². The molecule has 28 heavy (non-hydrogen) atoms. The van der Waals surface area contributed by atoms with E-state index >= 15 is 0 Å². The molecule has 2 aromatic heterocycles. The van der Waals surface area contributed by atoms with Crippen LogP contribution < -0.4 is 10.1 Å². The van der Waals surface area contributed by atoms with E-state index in [0.29, 0.717) is 27.5 Å². The highest BCUT2D eigenvalue weighted by Gasteiger charge is 2.26. The maximum atomic E-state index is 11.9. The van der Waals surface area contributed by atoms with Gasteiger partial charge in [0.05, 0.1) is 28.8 Å². The molecule has 140 valence electrons. The molecule has 0 bridgehead atoms. The van der Waals surface area contributed by atoms with Crippen molar-refractivity contribution in [1.29, 1.82) is 0 Å². The SMILES string of the molecule is COc1ccc(Cl)cc1Nc1ncnc(-n2cnc3ccccc32)c1[N+](=O)[O-]. The molecule has 0 spiro atoms. The van der Waals surface area contributed by atoms with Crippen LogP contribution in [0.15, 0.2) is 55.1 Å². The minimum Gasteiger partial charge on any atom is -0.495 e. The lowest BCUT2D eigenvalue weighted by Crippen LogP contribution is -2.07. The molecule has 0 saturated carbocycles. The quantitative estimate of drug-likeness (QED) is 0.399. The molecule has 0 aliphatic carbocycles. The molecule has 4 rings (SSSR count). The number of aromatic nitrogens is 4. The summed E-state index contributed by atoms with van der Waals surface area (Å²) in [7, 11) is 1.49. The van der Waals surface area contributed by atoms with Crippen LogP contribution in [0.4, 0.5) is 17.2 Å². The third kappa shape index (κ3) is 3.08. The Morgan fingerprint density at radius 3 is 2.79 bits per heavy atom. The predicted molar refractivity (Wildman–Crippen MR) is 105 cm³/mol. The van der Waals surface area contributed by atoms with Gasteiger partial charge in [-0.1, -0.05) is 23.7 Å². The van der Waals surface area contributed by atoms with Crippen molar-refractivity contribution in [1.82, 2.24) is 19.5 Å². The number of halogens is 1. The molecular formula is C18H13ClN6O3. The number of nitrogens with one attached hydrogen (secondary N) is 1. The molecule has 1 N–H and O–H groups in total. The number of fused-ring (bicyclic) bond motifs is 1. The summed E-state index contributed by atoms with van der Waals surface area (Å²) < 4.78 is 6.83. The van der Waals surface area contributed by atoms with E-state index in [1.54, 1.807) is 28.8 Å². The molecule has 0 aliphatic rings. The topological polar surface area (TPSA) is 108 Å². The molecule has 0 fully saturated rings. The van der Waals surface area contributed by atoms with Gasteiger partial charge in [-0.25, -0.2) is 15.0 Å². The zero-order valence-corrected chi connectivity index (χ0v) is 15.3. The summed E-state index contributed by atoms with van der Waals surface area (Å²) in [6, 6.07) is 12.2. The van der Waals surface area contributed by atoms with E-state index in [9.17, 15) is 10.1 Å². The van der Waals surface area contributed by atoms with E-state index in [2.05, 4.69) is 20.3 Å². The summed E-state index contributed by atoms with van der Waals surface area (Å²) in [5, 5.41) is 15.3. The summed E-state index contributed by atoms with van der Waals surface area (Å²) in [4.78, 5) is 23.8. The molecule has 0 saturated heterocycles. The van der Waals surface area contributed by atoms with Gasteiger partial charge >= 0.3 is 5.69 Å². The summed E-state index contributed by atoms with van der Waals surface area (Å²) in [6.45, 7) is 0. The normalized spacial score (nSPS) is 10.8. The van der Waals surface area contributed by atoms with Crippen molar-refractivity contribution in [3.05, 3.63) is 70.3 Å². The standard InChI is InChI=1S/C18H13ClN6O3/c1-28-15-7-6-11(19)8-13(15)23-17-16(25(26)27)18(21-9-20-17)24-10-22-12-4-2-3-5-14(12)24/h2-10H,1H3,(H,20,21,23). The van der Waals surface area contributed by atoms with Crippen LogP contribution in [0.2, 0.25) is 5.02 Å². The number of nitro groups is 1. The number of benzene rings is 2. The second kappa shape index (κ2) is 7.12. The van der Waals surface area contributed by atoms with Gasteiger partial charge in [-0.2, -0.15) is 0 Å². The van der Waals surface area contributed by atoms with Gasteiger partial charge in [0.2, 0.25) is 11.6 Å². The number of nitrogens with zero attached hydrogens (tertiary/aromatic N) is 5. The monoisotopic (exact) mass is 396 g/mol. The predicted octanol–water partition coefficient (Wildman–Crippen LogP) is 4.13. The number of ether oxygens (including phenoxy) is 1. The minimum absolute atomic E-state index is 0.00773. The van der Waals surface area contributed by atoms with E-state index in [0.717, 1.165) is 0 Å². The molecular weight excluding hydrogens is 384 g/mol.